The second-order valence-electron chi connectivity index (χ2n) is 8.15. The number of carbonyl (C=O) groups is 1. The maximum atomic E-state index is 15.1. The average Bonchev–Trinajstić information content (AvgIpc) is 3.36. The van der Waals surface area contributed by atoms with Crippen LogP contribution < -0.4 is 9.04 Å². The van der Waals surface area contributed by atoms with Crippen LogP contribution in [0.1, 0.15) is 31.4 Å². The van der Waals surface area contributed by atoms with Gasteiger partial charge in [-0.15, -0.1) is 15.6 Å². The van der Waals surface area contributed by atoms with Crippen LogP contribution in [0.4, 0.5) is 19.4 Å². The number of anilines is 1. The molecule has 1 atom stereocenters. The van der Waals surface area contributed by atoms with Crippen molar-refractivity contribution in [1.82, 2.24) is 9.88 Å². The normalized spacial score (nSPS) is 16.0. The lowest BCUT2D eigenvalue weighted by atomic mass is 10.0. The number of halogens is 3. The highest BCUT2D eigenvalue weighted by Gasteiger charge is 2.39. The van der Waals surface area contributed by atoms with Gasteiger partial charge in [0, 0.05) is 30.6 Å². The van der Waals surface area contributed by atoms with E-state index >= 15 is 4.39 Å². The van der Waals surface area contributed by atoms with E-state index in [-0.39, 0.29) is 16.1 Å². The number of benzene rings is 2. The molecule has 1 aliphatic rings. The number of sulfonamides is 1. The molecule has 0 aliphatic carbocycles. The molecule has 13 heteroatoms. The lowest BCUT2D eigenvalue weighted by Crippen LogP contribution is -2.39. The molecule has 0 saturated carbocycles. The quantitative estimate of drug-likeness (QED) is 0.380. The number of rotatable bonds is 7. The van der Waals surface area contributed by atoms with Crippen molar-refractivity contribution in [3.05, 3.63) is 69.5 Å². The lowest BCUT2D eigenvalue weighted by Gasteiger charge is -2.36. The summed E-state index contributed by atoms with van der Waals surface area (Å²) in [7, 11) is -5.22. The maximum absolute atomic E-state index is 15.1. The van der Waals surface area contributed by atoms with Crippen LogP contribution in [0.2, 0.25) is 5.02 Å². The zero-order valence-electron chi connectivity index (χ0n) is 19.0. The molecule has 8 nitrogen and oxygen atoms in total. The number of nitrogens with zero attached hydrogens (tertiary/aromatic N) is 3. The van der Waals surface area contributed by atoms with Gasteiger partial charge in [-0.2, -0.15) is 0 Å². The third-order valence-electron chi connectivity index (χ3n) is 5.98. The van der Waals surface area contributed by atoms with Gasteiger partial charge < -0.3 is 9.84 Å². The largest absolute Gasteiger partial charge is 0.489 e. The summed E-state index contributed by atoms with van der Waals surface area (Å²) in [6.07, 6.45) is -1.25. The van der Waals surface area contributed by atoms with Crippen LogP contribution in [0.3, 0.4) is 0 Å². The van der Waals surface area contributed by atoms with E-state index in [1.807, 2.05) is 30.3 Å². The Bertz CT molecular complexity index is 1340. The number of aromatic nitrogens is 1. The first kappa shape index (κ1) is 26.3. The number of carboxylic acid groups (broad SMARTS) is 1. The van der Waals surface area contributed by atoms with Crippen molar-refractivity contribution < 1.29 is 31.8 Å². The third-order valence-corrected chi connectivity index (χ3v) is 8.62. The van der Waals surface area contributed by atoms with Crippen molar-refractivity contribution in [1.29, 1.82) is 0 Å². The lowest BCUT2D eigenvalue weighted by molar-refractivity contribution is 0.0793. The maximum Gasteiger partial charge on any atom is 0.427 e. The summed E-state index contributed by atoms with van der Waals surface area (Å²) >= 11 is 6.96. The van der Waals surface area contributed by atoms with Crippen LogP contribution in [0.25, 0.3) is 0 Å². The standard InChI is InChI=1S/C23H22ClF2N3O5S2/c1-14(15-5-3-2-4-6-15)28-9-7-16(8-10-28)34-18-11-17(25)22(21(26)20(18)24)36(32,33)29(23(30)31)19-12-35-13-27-19/h2-6,11-14,16H,7-10H2,1H3,(H,30,31)/t14-/m1/s1. The van der Waals surface area contributed by atoms with Gasteiger partial charge in [-0.1, -0.05) is 41.9 Å². The number of piperidine rings is 1. The minimum Gasteiger partial charge on any atom is -0.489 e. The Morgan fingerprint density at radius 2 is 1.94 bits per heavy atom. The van der Waals surface area contributed by atoms with E-state index in [2.05, 4.69) is 16.8 Å². The van der Waals surface area contributed by atoms with Crippen LogP contribution in [0.15, 0.2) is 52.2 Å². The Kier molecular flexibility index (Phi) is 7.79. The van der Waals surface area contributed by atoms with Gasteiger partial charge in [-0.3, -0.25) is 4.90 Å². The molecule has 1 aliphatic heterocycles. The second kappa shape index (κ2) is 10.7. The summed E-state index contributed by atoms with van der Waals surface area (Å²) < 4.78 is 61.4. The second-order valence-corrected chi connectivity index (χ2v) is 11.0. The SMILES string of the molecule is C[C@H](c1ccccc1)N1CCC(Oc2cc(F)c(S(=O)(=O)N(C(=O)O)c3cscn3)c(F)c2Cl)CC1. The van der Waals surface area contributed by atoms with Gasteiger partial charge in [0.15, 0.2) is 22.3 Å². The van der Waals surface area contributed by atoms with E-state index in [0.717, 1.165) is 16.7 Å². The summed E-state index contributed by atoms with van der Waals surface area (Å²) in [5.74, 6) is -4.03. The number of ether oxygens (including phenoxy) is 1. The monoisotopic (exact) mass is 557 g/mol. The molecule has 2 aromatic carbocycles. The fourth-order valence-corrected chi connectivity index (χ4v) is 6.31. The summed E-state index contributed by atoms with van der Waals surface area (Å²) in [6, 6.07) is 10.9. The molecular formula is C23H22ClF2N3O5S2. The topological polar surface area (TPSA) is 100 Å². The van der Waals surface area contributed by atoms with Gasteiger partial charge in [-0.05, 0) is 25.3 Å². The van der Waals surface area contributed by atoms with Gasteiger partial charge in [0.1, 0.15) is 16.9 Å². The van der Waals surface area contributed by atoms with Crippen LogP contribution >= 0.6 is 22.9 Å². The van der Waals surface area contributed by atoms with Crippen molar-refractivity contribution >= 4 is 44.9 Å². The number of thiazole rings is 1. The molecule has 1 N–H and O–H groups in total. The third kappa shape index (κ3) is 5.17. The first-order valence-electron chi connectivity index (χ1n) is 10.9. The van der Waals surface area contributed by atoms with Crippen molar-refractivity contribution in [3.63, 3.8) is 0 Å². The average molecular weight is 558 g/mol. The first-order valence-corrected chi connectivity index (χ1v) is 13.7. The van der Waals surface area contributed by atoms with Gasteiger partial charge in [-0.25, -0.2) is 27.0 Å². The zero-order valence-corrected chi connectivity index (χ0v) is 21.4. The molecule has 192 valence electrons. The molecule has 36 heavy (non-hydrogen) atoms. The Hall–Kier alpha value is -2.80. The van der Waals surface area contributed by atoms with Crippen LogP contribution in [0.5, 0.6) is 5.75 Å². The number of hydrogen-bond acceptors (Lipinski definition) is 7. The molecule has 1 aromatic heterocycles. The molecule has 4 rings (SSSR count). The molecule has 3 aromatic rings. The predicted octanol–water partition coefficient (Wildman–Crippen LogP) is 5.55. The van der Waals surface area contributed by atoms with Gasteiger partial charge in [0.25, 0.3) is 10.0 Å². The molecular weight excluding hydrogens is 536 g/mol. The summed E-state index contributed by atoms with van der Waals surface area (Å²) in [5, 5.41) is 9.77. The number of amides is 1. The van der Waals surface area contributed by atoms with Crippen molar-refractivity contribution in [2.24, 2.45) is 0 Å². The Labute approximate surface area is 215 Å². The van der Waals surface area contributed by atoms with Gasteiger partial charge >= 0.3 is 6.09 Å². The molecule has 1 saturated heterocycles. The minimum atomic E-state index is -5.22. The van der Waals surface area contributed by atoms with E-state index < -0.39 is 49.6 Å². The van der Waals surface area contributed by atoms with Crippen molar-refractivity contribution in [3.8, 4) is 5.75 Å². The molecule has 0 unspecified atom stereocenters. The minimum absolute atomic E-state index is 0.185. The van der Waals surface area contributed by atoms with E-state index in [1.54, 1.807) is 0 Å². The predicted molar refractivity (Wildman–Crippen MR) is 131 cm³/mol. The Morgan fingerprint density at radius 3 is 2.53 bits per heavy atom. The fraction of sp³-hybridized carbons (Fsp3) is 0.304. The summed E-state index contributed by atoms with van der Waals surface area (Å²) in [5.41, 5.74) is 2.36. The highest BCUT2D eigenvalue weighted by Crippen LogP contribution is 2.38. The molecule has 0 radical (unpaired) electrons. The Balaban J connectivity index is 1.52. The molecule has 1 fully saturated rings. The smallest absolute Gasteiger partial charge is 0.427 e. The molecule has 0 bridgehead atoms. The molecule has 0 spiro atoms. The van der Waals surface area contributed by atoms with Crippen LogP contribution in [-0.4, -0.2) is 48.7 Å². The molecule has 2 heterocycles. The van der Waals surface area contributed by atoms with E-state index in [4.69, 9.17) is 16.3 Å². The van der Waals surface area contributed by atoms with E-state index in [9.17, 15) is 22.7 Å². The number of hydrogen-bond donors (Lipinski definition) is 1. The van der Waals surface area contributed by atoms with Gasteiger partial charge in [0.05, 0.1) is 5.51 Å². The van der Waals surface area contributed by atoms with Crippen LogP contribution in [0, 0.1) is 11.6 Å². The van der Waals surface area contributed by atoms with Crippen molar-refractivity contribution in [2.75, 3.05) is 17.4 Å². The highest BCUT2D eigenvalue weighted by molar-refractivity contribution is 7.93. The first-order chi connectivity index (χ1) is 17.1. The highest BCUT2D eigenvalue weighted by atomic mass is 35.5. The zero-order chi connectivity index (χ0) is 26.0. The summed E-state index contributed by atoms with van der Waals surface area (Å²) in [6.45, 7) is 3.46. The van der Waals surface area contributed by atoms with E-state index in [0.29, 0.717) is 32.0 Å². The number of likely N-dealkylation sites (tertiary alicyclic amines) is 1. The molecule has 1 amide bonds. The van der Waals surface area contributed by atoms with Gasteiger partial charge in [0.2, 0.25) is 0 Å². The summed E-state index contributed by atoms with van der Waals surface area (Å²) in [4.78, 5) is 16.0. The fourth-order valence-electron chi connectivity index (χ4n) is 4.10. The van der Waals surface area contributed by atoms with Crippen LogP contribution in [-0.2, 0) is 10.0 Å². The Morgan fingerprint density at radius 1 is 1.28 bits per heavy atom. The van der Waals surface area contributed by atoms with Crippen molar-refractivity contribution in [2.45, 2.75) is 36.8 Å². The van der Waals surface area contributed by atoms with E-state index in [1.165, 1.54) is 11.1 Å².